The standard InChI is InChI=1S/C11H22N2O6/c1-12-9(10(14)15)5-3-4-6-13-11(16)19-8-18-7-17-2/h9,12H,3-8H2,1-2H3,(H,13,16)(H,14,15). The maximum Gasteiger partial charge on any atom is 0.409 e. The van der Waals surface area contributed by atoms with Gasteiger partial charge in [0.25, 0.3) is 0 Å². The quantitative estimate of drug-likeness (QED) is 0.364. The summed E-state index contributed by atoms with van der Waals surface area (Å²) in [7, 11) is 3.07. The first kappa shape index (κ1) is 17.6. The molecular weight excluding hydrogens is 256 g/mol. The number of likely N-dealkylation sites (N-methyl/N-ethyl adjacent to an activating group) is 1. The van der Waals surface area contributed by atoms with E-state index in [1.807, 2.05) is 0 Å². The summed E-state index contributed by atoms with van der Waals surface area (Å²) in [5.74, 6) is -0.870. The summed E-state index contributed by atoms with van der Waals surface area (Å²) in [6.07, 6.45) is 1.32. The number of nitrogens with one attached hydrogen (secondary N) is 2. The van der Waals surface area contributed by atoms with Crippen molar-refractivity contribution in [2.45, 2.75) is 25.3 Å². The molecule has 0 rings (SSSR count). The average Bonchev–Trinajstić information content (AvgIpc) is 2.38. The largest absolute Gasteiger partial charge is 0.480 e. The second kappa shape index (κ2) is 11.7. The van der Waals surface area contributed by atoms with Gasteiger partial charge in [0.05, 0.1) is 0 Å². The van der Waals surface area contributed by atoms with Crippen molar-refractivity contribution in [3.05, 3.63) is 0 Å². The number of amides is 1. The lowest BCUT2D eigenvalue weighted by Crippen LogP contribution is -2.34. The van der Waals surface area contributed by atoms with Gasteiger partial charge in [-0.2, -0.15) is 0 Å². The van der Waals surface area contributed by atoms with Crippen LogP contribution in [0.3, 0.4) is 0 Å². The molecule has 0 fully saturated rings. The topological polar surface area (TPSA) is 106 Å². The molecule has 8 heteroatoms. The molecule has 0 heterocycles. The van der Waals surface area contributed by atoms with Crippen LogP contribution in [0, 0.1) is 0 Å². The molecule has 3 N–H and O–H groups in total. The third-order valence-corrected chi connectivity index (χ3v) is 2.31. The van der Waals surface area contributed by atoms with E-state index in [0.717, 1.165) is 0 Å². The lowest BCUT2D eigenvalue weighted by atomic mass is 10.1. The van der Waals surface area contributed by atoms with Crippen LogP contribution in [0.4, 0.5) is 4.79 Å². The molecule has 8 nitrogen and oxygen atoms in total. The first-order valence-electron chi connectivity index (χ1n) is 5.99. The lowest BCUT2D eigenvalue weighted by molar-refractivity contribution is -0.139. The molecule has 112 valence electrons. The zero-order valence-corrected chi connectivity index (χ0v) is 11.3. The summed E-state index contributed by atoms with van der Waals surface area (Å²) in [6, 6.07) is -0.547. The number of carboxylic acid groups (broad SMARTS) is 1. The van der Waals surface area contributed by atoms with E-state index in [1.165, 1.54) is 7.11 Å². The Morgan fingerprint density at radius 3 is 2.58 bits per heavy atom. The molecule has 1 unspecified atom stereocenters. The van der Waals surface area contributed by atoms with Crippen LogP contribution in [-0.4, -0.2) is 57.5 Å². The summed E-state index contributed by atoms with van der Waals surface area (Å²) < 4.78 is 14.0. The Hall–Kier alpha value is -1.38. The van der Waals surface area contributed by atoms with Crippen LogP contribution in [-0.2, 0) is 19.0 Å². The van der Waals surface area contributed by atoms with Gasteiger partial charge in [-0.05, 0) is 26.3 Å². The monoisotopic (exact) mass is 278 g/mol. The molecule has 0 radical (unpaired) electrons. The predicted molar refractivity (Wildman–Crippen MR) is 66.6 cm³/mol. The van der Waals surface area contributed by atoms with Crippen molar-refractivity contribution in [3.8, 4) is 0 Å². The van der Waals surface area contributed by atoms with Gasteiger partial charge in [0.15, 0.2) is 6.79 Å². The molecule has 0 saturated heterocycles. The molecule has 0 saturated carbocycles. The van der Waals surface area contributed by atoms with Gasteiger partial charge in [0.1, 0.15) is 12.8 Å². The van der Waals surface area contributed by atoms with Crippen LogP contribution in [0.5, 0.6) is 0 Å². The number of carbonyl (C=O) groups is 2. The Kier molecular flexibility index (Phi) is 10.8. The molecule has 0 aliphatic heterocycles. The van der Waals surface area contributed by atoms with E-state index in [0.29, 0.717) is 25.8 Å². The van der Waals surface area contributed by atoms with Crippen LogP contribution < -0.4 is 10.6 Å². The second-order valence-electron chi connectivity index (χ2n) is 3.76. The van der Waals surface area contributed by atoms with Crippen LogP contribution in [0.2, 0.25) is 0 Å². The number of alkyl carbamates (subject to hydrolysis) is 1. The number of carboxylic acids is 1. The highest BCUT2D eigenvalue weighted by molar-refractivity contribution is 5.73. The minimum absolute atomic E-state index is 0.0634. The predicted octanol–water partition coefficient (Wildman–Crippen LogP) is 0.134. The molecule has 1 amide bonds. The molecule has 0 aliphatic rings. The number of ether oxygens (including phenoxy) is 3. The van der Waals surface area contributed by atoms with E-state index in [2.05, 4.69) is 20.1 Å². The van der Waals surface area contributed by atoms with Crippen LogP contribution in [0.15, 0.2) is 0 Å². The molecule has 0 spiro atoms. The maximum absolute atomic E-state index is 11.1. The third-order valence-electron chi connectivity index (χ3n) is 2.31. The van der Waals surface area contributed by atoms with E-state index in [1.54, 1.807) is 7.05 Å². The number of methoxy groups -OCH3 is 1. The first-order chi connectivity index (χ1) is 9.11. The number of hydrogen-bond acceptors (Lipinski definition) is 6. The van der Waals surface area contributed by atoms with Crippen molar-refractivity contribution in [1.29, 1.82) is 0 Å². The molecule has 0 bridgehead atoms. The number of carbonyl (C=O) groups excluding carboxylic acids is 1. The van der Waals surface area contributed by atoms with Gasteiger partial charge >= 0.3 is 12.1 Å². The van der Waals surface area contributed by atoms with Crippen LogP contribution in [0.1, 0.15) is 19.3 Å². The molecular formula is C11H22N2O6. The van der Waals surface area contributed by atoms with Crippen molar-refractivity contribution in [2.75, 3.05) is 34.3 Å². The Balaban J connectivity index is 3.43. The molecule has 0 aromatic rings. The Labute approximate surface area is 112 Å². The first-order valence-corrected chi connectivity index (χ1v) is 5.99. The highest BCUT2D eigenvalue weighted by atomic mass is 16.7. The van der Waals surface area contributed by atoms with Crippen molar-refractivity contribution in [3.63, 3.8) is 0 Å². The van der Waals surface area contributed by atoms with Crippen molar-refractivity contribution in [1.82, 2.24) is 10.6 Å². The van der Waals surface area contributed by atoms with Gasteiger partial charge in [0.2, 0.25) is 0 Å². The van der Waals surface area contributed by atoms with Crippen LogP contribution >= 0.6 is 0 Å². The van der Waals surface area contributed by atoms with E-state index in [4.69, 9.17) is 9.84 Å². The van der Waals surface area contributed by atoms with Gasteiger partial charge < -0.3 is 30.0 Å². The Morgan fingerprint density at radius 2 is 2.00 bits per heavy atom. The maximum atomic E-state index is 11.1. The molecule has 1 atom stereocenters. The number of hydrogen-bond donors (Lipinski definition) is 3. The van der Waals surface area contributed by atoms with Crippen molar-refractivity contribution < 1.29 is 28.9 Å². The summed E-state index contributed by atoms with van der Waals surface area (Å²) >= 11 is 0. The normalized spacial score (nSPS) is 11.9. The average molecular weight is 278 g/mol. The second-order valence-corrected chi connectivity index (χ2v) is 3.76. The van der Waals surface area contributed by atoms with Crippen LogP contribution in [0.25, 0.3) is 0 Å². The van der Waals surface area contributed by atoms with E-state index in [9.17, 15) is 9.59 Å². The van der Waals surface area contributed by atoms with Gasteiger partial charge in [-0.1, -0.05) is 0 Å². The lowest BCUT2D eigenvalue weighted by Gasteiger charge is -2.11. The van der Waals surface area contributed by atoms with Gasteiger partial charge in [-0.15, -0.1) is 0 Å². The highest BCUT2D eigenvalue weighted by Gasteiger charge is 2.13. The summed E-state index contributed by atoms with van der Waals surface area (Å²) in [4.78, 5) is 21.8. The minimum atomic E-state index is -0.870. The smallest absolute Gasteiger partial charge is 0.409 e. The van der Waals surface area contributed by atoms with Crippen molar-refractivity contribution in [2.24, 2.45) is 0 Å². The van der Waals surface area contributed by atoms with Gasteiger partial charge in [0, 0.05) is 13.7 Å². The Bertz CT molecular complexity index is 262. The fourth-order valence-electron chi connectivity index (χ4n) is 1.32. The fourth-order valence-corrected chi connectivity index (χ4v) is 1.32. The van der Waals surface area contributed by atoms with E-state index >= 15 is 0 Å². The number of aliphatic carboxylic acids is 1. The molecule has 19 heavy (non-hydrogen) atoms. The Morgan fingerprint density at radius 1 is 1.26 bits per heavy atom. The van der Waals surface area contributed by atoms with Gasteiger partial charge in [-0.25, -0.2) is 4.79 Å². The molecule has 0 aromatic carbocycles. The zero-order valence-electron chi connectivity index (χ0n) is 11.3. The number of unbranched alkanes of at least 4 members (excludes halogenated alkanes) is 1. The summed E-state index contributed by atoms with van der Waals surface area (Å²) in [6.45, 7) is 0.327. The molecule has 0 aromatic heterocycles. The third kappa shape index (κ3) is 10.2. The van der Waals surface area contributed by atoms with E-state index < -0.39 is 18.1 Å². The fraction of sp³-hybridized carbons (Fsp3) is 0.818. The number of rotatable bonds is 11. The van der Waals surface area contributed by atoms with E-state index in [-0.39, 0.29) is 13.6 Å². The summed E-state index contributed by atoms with van der Waals surface area (Å²) in [5.41, 5.74) is 0. The SMILES string of the molecule is CNC(CCCCNC(=O)OCOCOC)C(=O)O. The zero-order chi connectivity index (χ0) is 14.5. The highest BCUT2D eigenvalue weighted by Crippen LogP contribution is 2.00. The molecule has 0 aliphatic carbocycles. The minimum Gasteiger partial charge on any atom is -0.480 e. The summed E-state index contributed by atoms with van der Waals surface area (Å²) in [5, 5.41) is 14.0. The van der Waals surface area contributed by atoms with Gasteiger partial charge in [-0.3, -0.25) is 4.79 Å². The van der Waals surface area contributed by atoms with Crippen molar-refractivity contribution >= 4 is 12.1 Å².